The minimum Gasteiger partial charge on any atom is -0.489 e. The monoisotopic (exact) mass is 290 g/mol. The second-order valence-electron chi connectivity index (χ2n) is 6.12. The zero-order valence-corrected chi connectivity index (χ0v) is 12.7. The van der Waals surface area contributed by atoms with Crippen LogP contribution in [0.2, 0.25) is 0 Å². The van der Waals surface area contributed by atoms with Crippen LogP contribution in [0.3, 0.4) is 0 Å². The number of rotatable bonds is 3. The molecule has 2 heterocycles. The summed E-state index contributed by atoms with van der Waals surface area (Å²) in [5, 5.41) is 0. The first-order chi connectivity index (χ1) is 10.1. The maximum Gasteiger partial charge on any atom is 0.163 e. The Morgan fingerprint density at radius 2 is 2.24 bits per heavy atom. The molecule has 1 spiro atoms. The maximum absolute atomic E-state index is 11.8. The maximum atomic E-state index is 11.8. The van der Waals surface area contributed by atoms with Gasteiger partial charge in [-0.3, -0.25) is 4.79 Å². The summed E-state index contributed by atoms with van der Waals surface area (Å²) in [4.78, 5) is 11.8. The Kier molecular flexibility index (Phi) is 4.00. The van der Waals surface area contributed by atoms with Crippen LogP contribution in [-0.4, -0.2) is 37.3 Å². The third-order valence-corrected chi connectivity index (χ3v) is 4.32. The topological polar surface area (TPSA) is 44.8 Å². The summed E-state index contributed by atoms with van der Waals surface area (Å²) in [6.45, 7) is 5.67. The molecule has 0 amide bonds. The van der Waals surface area contributed by atoms with E-state index in [0.717, 1.165) is 31.4 Å². The van der Waals surface area contributed by atoms with Gasteiger partial charge < -0.3 is 14.2 Å². The Morgan fingerprint density at radius 3 is 2.95 bits per heavy atom. The van der Waals surface area contributed by atoms with Gasteiger partial charge in [0.2, 0.25) is 0 Å². The van der Waals surface area contributed by atoms with E-state index in [0.29, 0.717) is 24.5 Å². The van der Waals surface area contributed by atoms with Gasteiger partial charge in [0, 0.05) is 25.9 Å². The Balaban J connectivity index is 1.75. The number of Topliss-reactive ketones (excluding diaryl/α,β-unsaturated/α-hetero) is 1. The lowest BCUT2D eigenvalue weighted by Crippen LogP contribution is -2.44. The minimum absolute atomic E-state index is 0.0414. The smallest absolute Gasteiger partial charge is 0.163 e. The van der Waals surface area contributed by atoms with Crippen LogP contribution in [0, 0.1) is 6.92 Å². The molecule has 0 saturated carbocycles. The van der Waals surface area contributed by atoms with Crippen LogP contribution in [0.15, 0.2) is 18.2 Å². The van der Waals surface area contributed by atoms with Gasteiger partial charge in [-0.15, -0.1) is 0 Å². The molecule has 0 aliphatic carbocycles. The van der Waals surface area contributed by atoms with E-state index >= 15 is 0 Å². The van der Waals surface area contributed by atoms with Crippen LogP contribution in [0.25, 0.3) is 0 Å². The predicted molar refractivity (Wildman–Crippen MR) is 79.0 cm³/mol. The molecule has 21 heavy (non-hydrogen) atoms. The fourth-order valence-corrected chi connectivity index (χ4v) is 3.15. The van der Waals surface area contributed by atoms with Crippen LogP contribution in [-0.2, 0) is 9.47 Å². The number of ketones is 1. The molecule has 1 aromatic carbocycles. The second-order valence-corrected chi connectivity index (χ2v) is 6.12. The van der Waals surface area contributed by atoms with Crippen molar-refractivity contribution in [3.63, 3.8) is 0 Å². The fourth-order valence-electron chi connectivity index (χ4n) is 3.15. The quantitative estimate of drug-likeness (QED) is 0.803. The van der Waals surface area contributed by atoms with E-state index in [1.165, 1.54) is 0 Å². The molecule has 2 saturated heterocycles. The molecular weight excluding hydrogens is 268 g/mol. The molecule has 3 rings (SSSR count). The highest BCUT2D eigenvalue weighted by molar-refractivity contribution is 5.97. The molecule has 4 heteroatoms. The average molecular weight is 290 g/mol. The zero-order valence-electron chi connectivity index (χ0n) is 12.7. The SMILES string of the molecule is CC(=O)c1cc(C)ccc1OC1CCOC2(CCOC2)C1. The van der Waals surface area contributed by atoms with Crippen molar-refractivity contribution >= 4 is 5.78 Å². The van der Waals surface area contributed by atoms with Gasteiger partial charge in [-0.25, -0.2) is 0 Å². The highest BCUT2D eigenvalue weighted by Gasteiger charge is 2.42. The molecule has 2 aliphatic heterocycles. The lowest BCUT2D eigenvalue weighted by Gasteiger charge is -2.37. The Morgan fingerprint density at radius 1 is 1.38 bits per heavy atom. The van der Waals surface area contributed by atoms with Crippen molar-refractivity contribution in [2.45, 2.75) is 44.8 Å². The molecule has 2 unspecified atom stereocenters. The lowest BCUT2D eigenvalue weighted by molar-refractivity contribution is -0.112. The minimum atomic E-state index is -0.177. The molecule has 2 fully saturated rings. The van der Waals surface area contributed by atoms with E-state index in [-0.39, 0.29) is 17.5 Å². The zero-order chi connectivity index (χ0) is 14.9. The van der Waals surface area contributed by atoms with Gasteiger partial charge in [0.05, 0.1) is 24.4 Å². The van der Waals surface area contributed by atoms with Crippen LogP contribution in [0.4, 0.5) is 0 Å². The van der Waals surface area contributed by atoms with Crippen LogP contribution in [0.1, 0.15) is 42.1 Å². The summed E-state index contributed by atoms with van der Waals surface area (Å²) < 4.78 is 17.5. The van der Waals surface area contributed by atoms with Crippen molar-refractivity contribution in [3.8, 4) is 5.75 Å². The van der Waals surface area contributed by atoms with Gasteiger partial charge in [-0.05, 0) is 26.0 Å². The Bertz CT molecular complexity index is 532. The van der Waals surface area contributed by atoms with Crippen molar-refractivity contribution in [3.05, 3.63) is 29.3 Å². The summed E-state index contributed by atoms with van der Waals surface area (Å²) in [6, 6.07) is 5.78. The molecule has 1 aromatic rings. The number of carbonyl (C=O) groups is 1. The van der Waals surface area contributed by atoms with Gasteiger partial charge >= 0.3 is 0 Å². The summed E-state index contributed by atoms with van der Waals surface area (Å²) in [5.41, 5.74) is 1.56. The van der Waals surface area contributed by atoms with E-state index in [4.69, 9.17) is 14.2 Å². The number of carbonyl (C=O) groups excluding carboxylic acids is 1. The van der Waals surface area contributed by atoms with Gasteiger partial charge in [-0.1, -0.05) is 11.6 Å². The summed E-state index contributed by atoms with van der Waals surface area (Å²) >= 11 is 0. The highest BCUT2D eigenvalue weighted by atomic mass is 16.6. The van der Waals surface area contributed by atoms with Crippen molar-refractivity contribution in [2.75, 3.05) is 19.8 Å². The van der Waals surface area contributed by atoms with Crippen LogP contribution >= 0.6 is 0 Å². The van der Waals surface area contributed by atoms with E-state index in [9.17, 15) is 4.79 Å². The molecule has 114 valence electrons. The third-order valence-electron chi connectivity index (χ3n) is 4.32. The average Bonchev–Trinajstić information content (AvgIpc) is 2.88. The molecule has 0 N–H and O–H groups in total. The van der Waals surface area contributed by atoms with Crippen LogP contribution in [0.5, 0.6) is 5.75 Å². The summed E-state index contributed by atoms with van der Waals surface area (Å²) in [7, 11) is 0. The first-order valence-electron chi connectivity index (χ1n) is 7.58. The molecular formula is C17H22O4. The van der Waals surface area contributed by atoms with Crippen molar-refractivity contribution < 1.29 is 19.0 Å². The van der Waals surface area contributed by atoms with Gasteiger partial charge in [0.1, 0.15) is 11.9 Å². The number of hydrogen-bond donors (Lipinski definition) is 0. The molecule has 2 aliphatic rings. The van der Waals surface area contributed by atoms with Crippen LogP contribution < -0.4 is 4.74 Å². The molecule has 0 radical (unpaired) electrons. The normalized spacial score (nSPS) is 28.8. The molecule has 0 aromatic heterocycles. The van der Waals surface area contributed by atoms with E-state index in [1.54, 1.807) is 6.92 Å². The number of ether oxygens (including phenoxy) is 3. The summed E-state index contributed by atoms with van der Waals surface area (Å²) in [5.74, 6) is 0.730. The van der Waals surface area contributed by atoms with E-state index < -0.39 is 0 Å². The van der Waals surface area contributed by atoms with E-state index in [2.05, 4.69) is 0 Å². The summed E-state index contributed by atoms with van der Waals surface area (Å²) in [6.07, 6.45) is 2.70. The largest absolute Gasteiger partial charge is 0.489 e. The highest BCUT2D eigenvalue weighted by Crippen LogP contribution is 2.35. The standard InChI is InChI=1S/C17H22O4/c1-12-3-4-16(15(9-12)13(2)18)21-14-5-7-20-17(10-14)6-8-19-11-17/h3-4,9,14H,5-8,10-11H2,1-2H3. The second kappa shape index (κ2) is 5.78. The van der Waals surface area contributed by atoms with Crippen molar-refractivity contribution in [2.24, 2.45) is 0 Å². The molecule has 0 bridgehead atoms. The van der Waals surface area contributed by atoms with E-state index in [1.807, 2.05) is 25.1 Å². The predicted octanol–water partition coefficient (Wildman–Crippen LogP) is 2.91. The first kappa shape index (κ1) is 14.5. The molecule has 4 nitrogen and oxygen atoms in total. The van der Waals surface area contributed by atoms with Gasteiger partial charge in [0.15, 0.2) is 5.78 Å². The lowest BCUT2D eigenvalue weighted by atomic mass is 9.91. The molecule has 2 atom stereocenters. The third kappa shape index (κ3) is 3.11. The van der Waals surface area contributed by atoms with Crippen molar-refractivity contribution in [1.29, 1.82) is 0 Å². The number of hydrogen-bond acceptors (Lipinski definition) is 4. The van der Waals surface area contributed by atoms with Gasteiger partial charge in [0.25, 0.3) is 0 Å². The van der Waals surface area contributed by atoms with Crippen molar-refractivity contribution in [1.82, 2.24) is 0 Å². The Hall–Kier alpha value is -1.39. The number of aryl methyl sites for hydroxylation is 1. The Labute approximate surface area is 125 Å². The fraction of sp³-hybridized carbons (Fsp3) is 0.588. The van der Waals surface area contributed by atoms with Gasteiger partial charge in [-0.2, -0.15) is 0 Å². The first-order valence-corrected chi connectivity index (χ1v) is 7.58. The number of benzene rings is 1.